The quantitative estimate of drug-likeness (QED) is 0.320. The molecule has 0 atom stereocenters. The second-order valence-electron chi connectivity index (χ2n) is 8.65. The first-order valence-corrected chi connectivity index (χ1v) is 10.5. The van der Waals surface area contributed by atoms with Gasteiger partial charge in [0.2, 0.25) is 0 Å². The van der Waals surface area contributed by atoms with E-state index in [1.807, 2.05) is 12.1 Å². The lowest BCUT2D eigenvalue weighted by Gasteiger charge is -2.26. The van der Waals surface area contributed by atoms with E-state index in [0.29, 0.717) is 25.7 Å². The smallest absolute Gasteiger partial charge is 0.336 e. The van der Waals surface area contributed by atoms with Gasteiger partial charge < -0.3 is 20.4 Å². The Morgan fingerprint density at radius 1 is 0.382 bits per heavy atom. The molecule has 2 aliphatic carbocycles. The van der Waals surface area contributed by atoms with E-state index in [2.05, 4.69) is 0 Å². The lowest BCUT2D eigenvalue weighted by molar-refractivity contribution is 0.0651. The highest BCUT2D eigenvalue weighted by molar-refractivity contribution is 6.03. The fourth-order valence-corrected chi connectivity index (χ4v) is 5.02. The average Bonchev–Trinajstić information content (AvgIpc) is 2.78. The molecule has 0 aliphatic heterocycles. The predicted octanol–water partition coefficient (Wildman–Crippen LogP) is 3.47. The second-order valence-corrected chi connectivity index (χ2v) is 8.65. The third-order valence-corrected chi connectivity index (χ3v) is 6.65. The third kappa shape index (κ3) is 3.40. The van der Waals surface area contributed by atoms with E-state index >= 15 is 0 Å². The molecule has 0 spiro atoms. The van der Waals surface area contributed by atoms with Crippen LogP contribution in [0.1, 0.15) is 85.9 Å². The van der Waals surface area contributed by atoms with Gasteiger partial charge in [0.05, 0.1) is 22.3 Å². The third-order valence-electron chi connectivity index (χ3n) is 6.65. The molecule has 170 valence electrons. The Bertz CT molecular complexity index is 1250. The predicted molar refractivity (Wildman–Crippen MR) is 118 cm³/mol. The molecule has 0 unspecified atom stereocenters. The molecule has 34 heavy (non-hydrogen) atoms. The number of carboxylic acid groups (broad SMARTS) is 4. The van der Waals surface area contributed by atoms with Crippen molar-refractivity contribution >= 4 is 23.9 Å². The second kappa shape index (κ2) is 7.55. The van der Waals surface area contributed by atoms with Gasteiger partial charge in [-0.2, -0.15) is 0 Å². The number of hydrogen-bond acceptors (Lipinski definition) is 4. The highest BCUT2D eigenvalue weighted by Gasteiger charge is 2.27. The molecule has 8 nitrogen and oxygen atoms in total. The first kappa shape index (κ1) is 21.4. The van der Waals surface area contributed by atoms with Crippen LogP contribution in [0.3, 0.4) is 0 Å². The number of carbonyl (C=O) groups is 4. The highest BCUT2D eigenvalue weighted by Crippen LogP contribution is 2.36. The summed E-state index contributed by atoms with van der Waals surface area (Å²) in [4.78, 5) is 46.3. The molecule has 2 aliphatic rings. The standard InChI is InChI=1S/C26H18O8/c27-23(28)19-7-15-3-11-1-12-4-16-8-20(24(29)30)22(26(33)34)10-18(16)6-14(12)2-13(11)5-17(15)9-21(19)25(31)32/h1-2,7-10H,3-6H2,(H,27,28)(H,29,30)(H,31,32)(H,33,34). The van der Waals surface area contributed by atoms with Gasteiger partial charge in [0.1, 0.15) is 0 Å². The zero-order valence-electron chi connectivity index (χ0n) is 17.7. The maximum atomic E-state index is 11.6. The number of benzene rings is 3. The van der Waals surface area contributed by atoms with Gasteiger partial charge >= 0.3 is 23.9 Å². The molecule has 0 bridgehead atoms. The molecule has 0 fully saturated rings. The van der Waals surface area contributed by atoms with E-state index < -0.39 is 23.9 Å². The first-order valence-electron chi connectivity index (χ1n) is 10.5. The minimum absolute atomic E-state index is 0.239. The zero-order chi connectivity index (χ0) is 24.3. The SMILES string of the molecule is O=C(O)c1cc2c(cc1C(=O)O)Cc1cc3c(cc1C2)Cc1cc(C(=O)O)c(C(=O)O)cc1C3. The average molecular weight is 458 g/mol. The maximum absolute atomic E-state index is 11.6. The number of carboxylic acids is 4. The number of fused-ring (bicyclic) bond motifs is 4. The first-order chi connectivity index (χ1) is 16.1. The van der Waals surface area contributed by atoms with Crippen molar-refractivity contribution in [2.24, 2.45) is 0 Å². The van der Waals surface area contributed by atoms with E-state index in [4.69, 9.17) is 0 Å². The lowest BCUT2D eigenvalue weighted by atomic mass is 9.78. The minimum atomic E-state index is -1.29. The Balaban J connectivity index is 1.55. The zero-order valence-corrected chi connectivity index (χ0v) is 17.7. The maximum Gasteiger partial charge on any atom is 0.336 e. The van der Waals surface area contributed by atoms with Gasteiger partial charge in [-0.25, -0.2) is 19.2 Å². The molecule has 3 aromatic rings. The van der Waals surface area contributed by atoms with E-state index in [1.165, 1.54) is 24.3 Å². The van der Waals surface area contributed by atoms with Gasteiger partial charge in [-0.3, -0.25) is 0 Å². The Labute approximate surface area is 192 Å². The Morgan fingerprint density at radius 3 is 0.735 bits per heavy atom. The molecule has 3 aromatic carbocycles. The van der Waals surface area contributed by atoms with E-state index in [9.17, 15) is 39.6 Å². The molecule has 0 radical (unpaired) electrons. The van der Waals surface area contributed by atoms with Gasteiger partial charge in [0, 0.05) is 0 Å². The minimum Gasteiger partial charge on any atom is -0.478 e. The van der Waals surface area contributed by atoms with Crippen LogP contribution in [0.15, 0.2) is 36.4 Å². The van der Waals surface area contributed by atoms with Crippen molar-refractivity contribution in [2.75, 3.05) is 0 Å². The summed E-state index contributed by atoms with van der Waals surface area (Å²) in [6.07, 6.45) is 1.85. The van der Waals surface area contributed by atoms with Crippen molar-refractivity contribution in [1.29, 1.82) is 0 Å². The normalized spacial score (nSPS) is 13.2. The topological polar surface area (TPSA) is 149 Å². The van der Waals surface area contributed by atoms with Crippen LogP contribution in [0.5, 0.6) is 0 Å². The van der Waals surface area contributed by atoms with Crippen molar-refractivity contribution in [1.82, 2.24) is 0 Å². The molecule has 0 aromatic heterocycles. The van der Waals surface area contributed by atoms with Gasteiger partial charge in [0.25, 0.3) is 0 Å². The Morgan fingerprint density at radius 2 is 0.559 bits per heavy atom. The summed E-state index contributed by atoms with van der Waals surface area (Å²) in [6.45, 7) is 0. The molecule has 0 heterocycles. The van der Waals surface area contributed by atoms with Crippen LogP contribution < -0.4 is 0 Å². The molecule has 5 rings (SSSR count). The largest absolute Gasteiger partial charge is 0.478 e. The lowest BCUT2D eigenvalue weighted by Crippen LogP contribution is -2.17. The Kier molecular flexibility index (Phi) is 4.75. The number of rotatable bonds is 4. The van der Waals surface area contributed by atoms with Gasteiger partial charge in [-0.05, 0) is 94.5 Å². The van der Waals surface area contributed by atoms with Crippen LogP contribution in [0, 0.1) is 0 Å². The number of aromatic carboxylic acids is 4. The van der Waals surface area contributed by atoms with Crippen molar-refractivity contribution in [3.8, 4) is 0 Å². The van der Waals surface area contributed by atoms with Crippen molar-refractivity contribution in [3.63, 3.8) is 0 Å². The van der Waals surface area contributed by atoms with Crippen LogP contribution in [-0.2, 0) is 25.7 Å². The molecular weight excluding hydrogens is 440 g/mol. The summed E-state index contributed by atoms with van der Waals surface area (Å²) in [5.41, 5.74) is 6.16. The number of hydrogen-bond donors (Lipinski definition) is 4. The fraction of sp³-hybridized carbons (Fsp3) is 0.154. The molecule has 0 saturated heterocycles. The molecule has 0 saturated carbocycles. The van der Waals surface area contributed by atoms with E-state index in [1.54, 1.807) is 0 Å². The van der Waals surface area contributed by atoms with Gasteiger partial charge in [-0.15, -0.1) is 0 Å². The summed E-state index contributed by atoms with van der Waals surface area (Å²) in [7, 11) is 0. The van der Waals surface area contributed by atoms with Crippen LogP contribution in [0.2, 0.25) is 0 Å². The summed E-state index contributed by atoms with van der Waals surface area (Å²) >= 11 is 0. The molecule has 0 amide bonds. The molecule has 8 heteroatoms. The fourth-order valence-electron chi connectivity index (χ4n) is 5.02. The summed E-state index contributed by atoms with van der Waals surface area (Å²) < 4.78 is 0. The highest BCUT2D eigenvalue weighted by atomic mass is 16.4. The van der Waals surface area contributed by atoms with Crippen LogP contribution in [0.4, 0.5) is 0 Å². The van der Waals surface area contributed by atoms with E-state index in [0.717, 1.165) is 44.5 Å². The monoisotopic (exact) mass is 458 g/mol. The van der Waals surface area contributed by atoms with Gasteiger partial charge in [0.15, 0.2) is 0 Å². The molecular formula is C26H18O8. The summed E-state index contributed by atoms with van der Waals surface area (Å²) in [6, 6.07) is 9.81. The molecule has 4 N–H and O–H groups in total. The van der Waals surface area contributed by atoms with Crippen LogP contribution >= 0.6 is 0 Å². The van der Waals surface area contributed by atoms with Gasteiger partial charge in [-0.1, -0.05) is 12.1 Å². The van der Waals surface area contributed by atoms with Crippen LogP contribution in [-0.4, -0.2) is 44.3 Å². The summed E-state index contributed by atoms with van der Waals surface area (Å²) in [5, 5.41) is 37.7. The van der Waals surface area contributed by atoms with Crippen LogP contribution in [0.25, 0.3) is 0 Å². The van der Waals surface area contributed by atoms with Crippen molar-refractivity contribution in [3.05, 3.63) is 103 Å². The summed E-state index contributed by atoms with van der Waals surface area (Å²) in [5.74, 6) is -5.16. The van der Waals surface area contributed by atoms with Crippen molar-refractivity contribution in [2.45, 2.75) is 25.7 Å². The van der Waals surface area contributed by atoms with E-state index in [-0.39, 0.29) is 22.3 Å². The Hall–Kier alpha value is -4.46. The van der Waals surface area contributed by atoms with Crippen molar-refractivity contribution < 1.29 is 39.6 Å².